The molecule has 3 aromatic rings. The lowest BCUT2D eigenvalue weighted by Gasteiger charge is -2.08. The van der Waals surface area contributed by atoms with Crippen molar-refractivity contribution in [3.8, 4) is 0 Å². The Labute approximate surface area is 122 Å². The summed E-state index contributed by atoms with van der Waals surface area (Å²) >= 11 is 0. The minimum atomic E-state index is -0.166. The van der Waals surface area contributed by atoms with Gasteiger partial charge < -0.3 is 5.84 Å². The summed E-state index contributed by atoms with van der Waals surface area (Å²) in [5, 5.41) is 5.63. The number of benzene rings is 3. The van der Waals surface area contributed by atoms with Crippen molar-refractivity contribution in [3.63, 3.8) is 0 Å². The third-order valence-electron chi connectivity index (χ3n) is 3.43. The Morgan fingerprint density at radius 1 is 0.810 bits per heavy atom. The number of hydrogen-bond acceptors (Lipinski definition) is 3. The van der Waals surface area contributed by atoms with Gasteiger partial charge in [-0.1, -0.05) is 72.8 Å². The van der Waals surface area contributed by atoms with Crippen LogP contribution in [0.25, 0.3) is 10.8 Å². The van der Waals surface area contributed by atoms with E-state index in [0.717, 1.165) is 16.3 Å². The number of Topliss-reactive ketones (excluding diaryl/α,β-unsaturated/α-hetero) is 1. The molecule has 0 unspecified atom stereocenters. The van der Waals surface area contributed by atoms with Gasteiger partial charge in [-0.3, -0.25) is 4.79 Å². The van der Waals surface area contributed by atoms with Crippen LogP contribution in [-0.4, -0.2) is 11.5 Å². The van der Waals surface area contributed by atoms with E-state index in [1.54, 1.807) is 6.07 Å². The van der Waals surface area contributed by atoms with Gasteiger partial charge in [0.1, 0.15) is 5.71 Å². The zero-order valence-corrected chi connectivity index (χ0v) is 11.4. The lowest BCUT2D eigenvalue weighted by molar-refractivity contribution is 0.106. The lowest BCUT2D eigenvalue weighted by atomic mass is 9.96. The van der Waals surface area contributed by atoms with Crippen molar-refractivity contribution in [3.05, 3.63) is 83.9 Å². The average Bonchev–Trinajstić information content (AvgIpc) is 2.56. The third-order valence-corrected chi connectivity index (χ3v) is 3.43. The maximum Gasteiger partial charge on any atom is 0.214 e. The number of nitrogens with two attached hydrogens (primary N) is 1. The molecule has 3 nitrogen and oxygen atoms in total. The highest BCUT2D eigenvalue weighted by molar-refractivity contribution is 6.52. The molecule has 0 saturated carbocycles. The minimum Gasteiger partial charge on any atom is -0.323 e. The second kappa shape index (κ2) is 5.59. The predicted molar refractivity (Wildman–Crippen MR) is 85.4 cm³/mol. The first kappa shape index (κ1) is 13.1. The Morgan fingerprint density at radius 2 is 1.48 bits per heavy atom. The maximum absolute atomic E-state index is 12.8. The molecule has 0 radical (unpaired) electrons. The smallest absolute Gasteiger partial charge is 0.214 e. The Balaban J connectivity index is 2.12. The number of rotatable bonds is 3. The fraction of sp³-hybridized carbons (Fsp3) is 0. The van der Waals surface area contributed by atoms with Gasteiger partial charge in [-0.25, -0.2) is 0 Å². The number of hydrogen-bond donors (Lipinski definition) is 1. The van der Waals surface area contributed by atoms with E-state index < -0.39 is 0 Å². The summed E-state index contributed by atoms with van der Waals surface area (Å²) in [6.07, 6.45) is 0. The van der Waals surface area contributed by atoms with Crippen molar-refractivity contribution in [1.82, 2.24) is 0 Å². The van der Waals surface area contributed by atoms with Crippen LogP contribution in [0.15, 0.2) is 77.9 Å². The largest absolute Gasteiger partial charge is 0.323 e. The Bertz CT molecular complexity index is 818. The first-order chi connectivity index (χ1) is 10.3. The van der Waals surface area contributed by atoms with Crippen molar-refractivity contribution in [1.29, 1.82) is 0 Å². The lowest BCUT2D eigenvalue weighted by Crippen LogP contribution is -2.18. The fourth-order valence-corrected chi connectivity index (χ4v) is 2.41. The van der Waals surface area contributed by atoms with Crippen LogP contribution in [0.3, 0.4) is 0 Å². The molecule has 0 spiro atoms. The molecule has 0 bridgehead atoms. The highest BCUT2D eigenvalue weighted by Crippen LogP contribution is 2.20. The van der Waals surface area contributed by atoms with Crippen molar-refractivity contribution >= 4 is 22.3 Å². The van der Waals surface area contributed by atoms with E-state index in [0.29, 0.717) is 5.56 Å². The van der Waals surface area contributed by atoms with E-state index in [1.165, 1.54) is 0 Å². The van der Waals surface area contributed by atoms with Crippen LogP contribution in [0.5, 0.6) is 0 Å². The van der Waals surface area contributed by atoms with Crippen molar-refractivity contribution in [2.75, 3.05) is 0 Å². The van der Waals surface area contributed by atoms with E-state index in [1.807, 2.05) is 66.7 Å². The second-order valence-corrected chi connectivity index (χ2v) is 4.70. The quantitative estimate of drug-likeness (QED) is 0.344. The second-order valence-electron chi connectivity index (χ2n) is 4.70. The summed E-state index contributed by atoms with van der Waals surface area (Å²) in [5.74, 6) is 5.29. The van der Waals surface area contributed by atoms with Crippen LogP contribution < -0.4 is 5.84 Å². The molecule has 2 N–H and O–H groups in total. The Kier molecular flexibility index (Phi) is 3.48. The zero-order valence-electron chi connectivity index (χ0n) is 11.4. The molecule has 0 aromatic heterocycles. The zero-order chi connectivity index (χ0) is 14.7. The molecule has 0 fully saturated rings. The average molecular weight is 274 g/mol. The normalized spacial score (nSPS) is 11.5. The van der Waals surface area contributed by atoms with E-state index in [4.69, 9.17) is 5.84 Å². The summed E-state index contributed by atoms with van der Waals surface area (Å²) in [7, 11) is 0. The van der Waals surface area contributed by atoms with Crippen LogP contribution in [0, 0.1) is 0 Å². The van der Waals surface area contributed by atoms with Gasteiger partial charge in [0, 0.05) is 11.1 Å². The monoisotopic (exact) mass is 274 g/mol. The van der Waals surface area contributed by atoms with Crippen molar-refractivity contribution in [2.45, 2.75) is 0 Å². The molecule has 102 valence electrons. The van der Waals surface area contributed by atoms with Crippen LogP contribution in [0.1, 0.15) is 15.9 Å². The molecule has 0 saturated heterocycles. The number of carbonyl (C=O) groups excluding carboxylic acids is 1. The van der Waals surface area contributed by atoms with Gasteiger partial charge >= 0.3 is 0 Å². The number of fused-ring (bicyclic) bond motifs is 1. The summed E-state index contributed by atoms with van der Waals surface area (Å²) in [6, 6.07) is 22.7. The van der Waals surface area contributed by atoms with Gasteiger partial charge in [0.05, 0.1) is 0 Å². The van der Waals surface area contributed by atoms with E-state index in [2.05, 4.69) is 5.10 Å². The molecular formula is C18H14N2O. The van der Waals surface area contributed by atoms with Gasteiger partial charge in [0.2, 0.25) is 5.78 Å². The molecule has 0 aliphatic heterocycles. The molecule has 0 aliphatic rings. The maximum atomic E-state index is 12.8. The minimum absolute atomic E-state index is 0.166. The molecule has 21 heavy (non-hydrogen) atoms. The van der Waals surface area contributed by atoms with Crippen LogP contribution in [0.2, 0.25) is 0 Å². The van der Waals surface area contributed by atoms with Crippen molar-refractivity contribution < 1.29 is 4.79 Å². The number of nitrogens with zero attached hydrogens (tertiary/aromatic N) is 1. The molecule has 3 heteroatoms. The topological polar surface area (TPSA) is 55.4 Å². The molecule has 0 atom stereocenters. The summed E-state index contributed by atoms with van der Waals surface area (Å²) in [5.41, 5.74) is 1.60. The predicted octanol–water partition coefficient (Wildman–Crippen LogP) is 3.39. The van der Waals surface area contributed by atoms with E-state index >= 15 is 0 Å². The molecule has 0 aliphatic carbocycles. The Morgan fingerprint density at radius 3 is 2.24 bits per heavy atom. The molecule has 3 rings (SSSR count). The van der Waals surface area contributed by atoms with E-state index in [-0.39, 0.29) is 11.5 Å². The van der Waals surface area contributed by atoms with Gasteiger partial charge in [0.25, 0.3) is 0 Å². The molecular weight excluding hydrogens is 260 g/mol. The summed E-state index contributed by atoms with van der Waals surface area (Å²) in [6.45, 7) is 0. The summed E-state index contributed by atoms with van der Waals surface area (Å²) < 4.78 is 0. The third kappa shape index (κ3) is 2.41. The highest BCUT2D eigenvalue weighted by atomic mass is 16.1. The van der Waals surface area contributed by atoms with Crippen LogP contribution in [0.4, 0.5) is 0 Å². The number of ketones is 1. The molecule has 3 aromatic carbocycles. The van der Waals surface area contributed by atoms with Crippen molar-refractivity contribution in [2.24, 2.45) is 10.9 Å². The number of carbonyl (C=O) groups is 1. The van der Waals surface area contributed by atoms with Crippen LogP contribution >= 0.6 is 0 Å². The van der Waals surface area contributed by atoms with E-state index in [9.17, 15) is 4.79 Å². The summed E-state index contributed by atoms with van der Waals surface area (Å²) in [4.78, 5) is 12.8. The number of hydrazone groups is 1. The van der Waals surface area contributed by atoms with Gasteiger partial charge in [-0.2, -0.15) is 5.10 Å². The SMILES string of the molecule is N/N=C(\C(=O)c1cccc2ccccc12)c1ccccc1. The van der Waals surface area contributed by atoms with Gasteiger partial charge in [0.15, 0.2) is 0 Å². The highest BCUT2D eigenvalue weighted by Gasteiger charge is 2.18. The van der Waals surface area contributed by atoms with Gasteiger partial charge in [-0.05, 0) is 10.8 Å². The standard InChI is InChI=1S/C18H14N2O/c19-20-17(14-8-2-1-3-9-14)18(21)16-12-6-10-13-7-4-5-11-15(13)16/h1-12H,19H2/b20-17-. The fourth-order valence-electron chi connectivity index (χ4n) is 2.41. The first-order valence-corrected chi connectivity index (χ1v) is 6.67. The Hall–Kier alpha value is -2.94. The molecule has 0 heterocycles. The van der Waals surface area contributed by atoms with Crippen LogP contribution in [-0.2, 0) is 0 Å². The van der Waals surface area contributed by atoms with Gasteiger partial charge in [-0.15, -0.1) is 0 Å². The molecule has 0 amide bonds. The first-order valence-electron chi connectivity index (χ1n) is 6.67.